The number of amides is 1. The van der Waals surface area contributed by atoms with Crippen molar-refractivity contribution >= 4 is 39.0 Å². The number of nitrogens with zero attached hydrogens (tertiary/aromatic N) is 3. The molecule has 140 valence electrons. The van der Waals surface area contributed by atoms with Crippen molar-refractivity contribution in [2.45, 2.75) is 39.5 Å². The SMILES string of the molecule is CCc1ccccc1NC(=O)CN(C)c1nc(C)nc2sc3c(c12)CCC3. The molecule has 3 aromatic rings. The standard InChI is InChI=1S/C21H24N4OS/c1-4-14-8-5-6-10-16(14)24-18(26)12-25(3)20-19-15-9-7-11-17(15)27-21(19)23-13(2)22-20/h5-6,8,10H,4,7,9,11-12H2,1-3H3,(H,24,26). The van der Waals surface area contributed by atoms with Crippen LogP contribution in [0, 0.1) is 6.92 Å². The van der Waals surface area contributed by atoms with Gasteiger partial charge in [-0.15, -0.1) is 11.3 Å². The van der Waals surface area contributed by atoms with Gasteiger partial charge in [0.1, 0.15) is 16.5 Å². The van der Waals surface area contributed by atoms with Gasteiger partial charge in [-0.25, -0.2) is 9.97 Å². The summed E-state index contributed by atoms with van der Waals surface area (Å²) in [6.45, 7) is 4.27. The number of aromatic nitrogens is 2. The van der Waals surface area contributed by atoms with Crippen molar-refractivity contribution in [3.05, 3.63) is 46.1 Å². The van der Waals surface area contributed by atoms with Gasteiger partial charge < -0.3 is 10.2 Å². The van der Waals surface area contributed by atoms with Crippen molar-refractivity contribution in [2.24, 2.45) is 0 Å². The van der Waals surface area contributed by atoms with Gasteiger partial charge in [0.15, 0.2) is 0 Å². The Hall–Kier alpha value is -2.47. The Labute approximate surface area is 163 Å². The van der Waals surface area contributed by atoms with Gasteiger partial charge in [0, 0.05) is 17.6 Å². The van der Waals surface area contributed by atoms with Crippen LogP contribution in [0.4, 0.5) is 11.5 Å². The maximum absolute atomic E-state index is 12.7. The molecule has 0 bridgehead atoms. The summed E-state index contributed by atoms with van der Waals surface area (Å²) in [5.41, 5.74) is 3.41. The third-order valence-corrected chi connectivity index (χ3v) is 6.26. The first-order valence-corrected chi connectivity index (χ1v) is 10.3. The molecule has 0 fully saturated rings. The number of anilines is 2. The molecule has 0 aliphatic heterocycles. The van der Waals surface area contributed by atoms with E-state index in [2.05, 4.69) is 22.2 Å². The number of nitrogens with one attached hydrogen (secondary N) is 1. The van der Waals surface area contributed by atoms with E-state index in [0.717, 1.165) is 52.4 Å². The van der Waals surface area contributed by atoms with E-state index in [4.69, 9.17) is 0 Å². The van der Waals surface area contributed by atoms with Crippen LogP contribution in [0.3, 0.4) is 0 Å². The molecule has 0 spiro atoms. The lowest BCUT2D eigenvalue weighted by Crippen LogP contribution is -2.31. The minimum atomic E-state index is -0.0327. The molecule has 1 amide bonds. The Morgan fingerprint density at radius 3 is 2.89 bits per heavy atom. The van der Waals surface area contributed by atoms with Crippen LogP contribution in [0.1, 0.15) is 35.2 Å². The van der Waals surface area contributed by atoms with Crippen LogP contribution in [0.5, 0.6) is 0 Å². The van der Waals surface area contributed by atoms with Gasteiger partial charge in [-0.1, -0.05) is 25.1 Å². The zero-order valence-electron chi connectivity index (χ0n) is 16.0. The molecule has 0 saturated carbocycles. The molecule has 1 N–H and O–H groups in total. The summed E-state index contributed by atoms with van der Waals surface area (Å²) >= 11 is 1.78. The van der Waals surface area contributed by atoms with Gasteiger partial charge in [-0.05, 0) is 49.8 Å². The Morgan fingerprint density at radius 1 is 1.26 bits per heavy atom. The van der Waals surface area contributed by atoms with Gasteiger partial charge in [-0.2, -0.15) is 0 Å². The normalized spacial score (nSPS) is 13.0. The fourth-order valence-corrected chi connectivity index (χ4v) is 5.09. The number of carbonyl (C=O) groups is 1. The third-order valence-electron chi connectivity index (χ3n) is 5.07. The van der Waals surface area contributed by atoms with Crippen LogP contribution in [-0.4, -0.2) is 29.5 Å². The van der Waals surface area contributed by atoms with Gasteiger partial charge in [-0.3, -0.25) is 4.79 Å². The topological polar surface area (TPSA) is 58.1 Å². The highest BCUT2D eigenvalue weighted by atomic mass is 32.1. The fraction of sp³-hybridized carbons (Fsp3) is 0.381. The van der Waals surface area contributed by atoms with Crippen LogP contribution in [0.2, 0.25) is 0 Å². The van der Waals surface area contributed by atoms with E-state index in [1.54, 1.807) is 11.3 Å². The number of fused-ring (bicyclic) bond motifs is 3. The highest BCUT2D eigenvalue weighted by Gasteiger charge is 2.24. The number of likely N-dealkylation sites (N-methyl/N-ethyl adjacent to an activating group) is 1. The largest absolute Gasteiger partial charge is 0.350 e. The summed E-state index contributed by atoms with van der Waals surface area (Å²) in [6, 6.07) is 7.95. The molecule has 4 rings (SSSR count). The summed E-state index contributed by atoms with van der Waals surface area (Å²) in [4.78, 5) is 26.4. The maximum Gasteiger partial charge on any atom is 0.243 e. The lowest BCUT2D eigenvalue weighted by molar-refractivity contribution is -0.114. The Balaban J connectivity index is 1.60. The van der Waals surface area contributed by atoms with E-state index in [1.807, 2.05) is 43.1 Å². The van der Waals surface area contributed by atoms with E-state index in [0.29, 0.717) is 0 Å². The van der Waals surface area contributed by atoms with E-state index in [1.165, 1.54) is 16.9 Å². The second kappa shape index (κ2) is 7.27. The smallest absolute Gasteiger partial charge is 0.243 e. The highest BCUT2D eigenvalue weighted by Crippen LogP contribution is 2.40. The van der Waals surface area contributed by atoms with Crippen molar-refractivity contribution < 1.29 is 4.79 Å². The molecule has 0 atom stereocenters. The number of aryl methyl sites for hydroxylation is 4. The molecule has 6 heteroatoms. The molecule has 0 saturated heterocycles. The number of benzene rings is 1. The molecular formula is C21H24N4OS. The molecule has 27 heavy (non-hydrogen) atoms. The monoisotopic (exact) mass is 380 g/mol. The Bertz CT molecular complexity index is 1010. The van der Waals surface area contributed by atoms with Crippen LogP contribution in [0.15, 0.2) is 24.3 Å². The van der Waals surface area contributed by atoms with Gasteiger partial charge >= 0.3 is 0 Å². The number of hydrogen-bond donors (Lipinski definition) is 1. The number of hydrogen-bond acceptors (Lipinski definition) is 5. The zero-order chi connectivity index (χ0) is 19.0. The zero-order valence-corrected chi connectivity index (χ0v) is 16.8. The number of carbonyl (C=O) groups excluding carboxylic acids is 1. The molecule has 5 nitrogen and oxygen atoms in total. The average Bonchev–Trinajstić information content (AvgIpc) is 3.22. The lowest BCUT2D eigenvalue weighted by atomic mass is 10.1. The predicted octanol–water partition coefficient (Wildman–Crippen LogP) is 4.13. The van der Waals surface area contributed by atoms with E-state index in [9.17, 15) is 4.79 Å². The first-order valence-electron chi connectivity index (χ1n) is 9.44. The van der Waals surface area contributed by atoms with Crippen molar-refractivity contribution in [3.8, 4) is 0 Å². The minimum absolute atomic E-state index is 0.0327. The lowest BCUT2D eigenvalue weighted by Gasteiger charge is -2.20. The molecule has 2 aromatic heterocycles. The molecule has 1 aromatic carbocycles. The quantitative estimate of drug-likeness (QED) is 0.723. The first kappa shape index (κ1) is 17.9. The predicted molar refractivity (Wildman–Crippen MR) is 112 cm³/mol. The molecule has 1 aliphatic carbocycles. The van der Waals surface area contributed by atoms with Crippen molar-refractivity contribution in [3.63, 3.8) is 0 Å². The molecule has 2 heterocycles. The molecule has 0 radical (unpaired) electrons. The van der Waals surface area contributed by atoms with Crippen molar-refractivity contribution in [1.29, 1.82) is 0 Å². The molecule has 1 aliphatic rings. The van der Waals surface area contributed by atoms with Crippen molar-refractivity contribution in [2.75, 3.05) is 23.8 Å². The summed E-state index contributed by atoms with van der Waals surface area (Å²) in [5, 5.41) is 4.19. The summed E-state index contributed by atoms with van der Waals surface area (Å²) in [5.74, 6) is 1.59. The summed E-state index contributed by atoms with van der Waals surface area (Å²) in [7, 11) is 1.94. The fourth-order valence-electron chi connectivity index (χ4n) is 3.79. The van der Waals surface area contributed by atoms with Crippen LogP contribution in [-0.2, 0) is 24.1 Å². The average molecular weight is 381 g/mol. The van der Waals surface area contributed by atoms with E-state index >= 15 is 0 Å². The van der Waals surface area contributed by atoms with Crippen molar-refractivity contribution in [1.82, 2.24) is 9.97 Å². The second-order valence-corrected chi connectivity index (χ2v) is 8.13. The van der Waals surface area contributed by atoms with Crippen LogP contribution >= 0.6 is 11.3 Å². The second-order valence-electron chi connectivity index (χ2n) is 7.05. The van der Waals surface area contributed by atoms with Crippen LogP contribution < -0.4 is 10.2 Å². The van der Waals surface area contributed by atoms with Gasteiger partial charge in [0.2, 0.25) is 5.91 Å². The number of para-hydroxylation sites is 1. The Morgan fingerprint density at radius 2 is 2.07 bits per heavy atom. The summed E-state index contributed by atoms with van der Waals surface area (Å²) < 4.78 is 0. The van der Waals surface area contributed by atoms with E-state index < -0.39 is 0 Å². The maximum atomic E-state index is 12.7. The van der Waals surface area contributed by atoms with Gasteiger partial charge in [0.05, 0.1) is 11.9 Å². The number of rotatable bonds is 5. The van der Waals surface area contributed by atoms with Crippen LogP contribution in [0.25, 0.3) is 10.2 Å². The molecule has 0 unspecified atom stereocenters. The number of thiophene rings is 1. The third kappa shape index (κ3) is 3.41. The highest BCUT2D eigenvalue weighted by molar-refractivity contribution is 7.19. The Kier molecular flexibility index (Phi) is 4.83. The van der Waals surface area contributed by atoms with Gasteiger partial charge in [0.25, 0.3) is 0 Å². The van der Waals surface area contributed by atoms with E-state index in [-0.39, 0.29) is 12.5 Å². The molecular weight excluding hydrogens is 356 g/mol. The summed E-state index contributed by atoms with van der Waals surface area (Å²) in [6.07, 6.45) is 4.30. The first-order chi connectivity index (χ1) is 13.1. The minimum Gasteiger partial charge on any atom is -0.350 e.